The van der Waals surface area contributed by atoms with Gasteiger partial charge in [0.2, 0.25) is 5.91 Å². The molecular formula is C26H28N2O3. The highest BCUT2D eigenvalue weighted by Crippen LogP contribution is 2.26. The SMILES string of the molecule is CC(C)c1ccc([C@@H](C)NC(=O)[C@H]2Cc3ccccc3CN2C(=O)c2ccco2)cc1. The Kier molecular flexibility index (Phi) is 5.94. The fraction of sp³-hybridized carbons (Fsp3) is 0.308. The summed E-state index contributed by atoms with van der Waals surface area (Å²) in [5, 5.41) is 3.11. The largest absolute Gasteiger partial charge is 0.459 e. The Labute approximate surface area is 183 Å². The van der Waals surface area contributed by atoms with Crippen molar-refractivity contribution in [2.24, 2.45) is 0 Å². The number of amides is 2. The van der Waals surface area contributed by atoms with Crippen molar-refractivity contribution in [3.63, 3.8) is 0 Å². The van der Waals surface area contributed by atoms with E-state index in [-0.39, 0.29) is 23.6 Å². The zero-order valence-electron chi connectivity index (χ0n) is 18.2. The van der Waals surface area contributed by atoms with Gasteiger partial charge in [0.05, 0.1) is 12.3 Å². The van der Waals surface area contributed by atoms with Gasteiger partial charge in [-0.1, -0.05) is 62.4 Å². The van der Waals surface area contributed by atoms with Gasteiger partial charge in [-0.25, -0.2) is 0 Å². The Morgan fingerprint density at radius 2 is 1.61 bits per heavy atom. The molecule has 1 aliphatic heterocycles. The molecule has 3 aromatic rings. The van der Waals surface area contributed by atoms with Crippen molar-refractivity contribution in [2.45, 2.75) is 51.7 Å². The van der Waals surface area contributed by atoms with Crippen LogP contribution in [-0.4, -0.2) is 22.8 Å². The van der Waals surface area contributed by atoms with E-state index in [4.69, 9.17) is 4.42 Å². The molecule has 0 unspecified atom stereocenters. The first-order chi connectivity index (χ1) is 14.9. The van der Waals surface area contributed by atoms with Gasteiger partial charge in [0.25, 0.3) is 5.91 Å². The Morgan fingerprint density at radius 1 is 0.935 bits per heavy atom. The predicted octanol–water partition coefficient (Wildman–Crippen LogP) is 4.85. The first kappa shape index (κ1) is 20.9. The van der Waals surface area contributed by atoms with E-state index in [9.17, 15) is 9.59 Å². The lowest BCUT2D eigenvalue weighted by molar-refractivity contribution is -0.126. The van der Waals surface area contributed by atoms with E-state index in [0.29, 0.717) is 18.9 Å². The van der Waals surface area contributed by atoms with Crippen LogP contribution in [-0.2, 0) is 17.8 Å². The van der Waals surface area contributed by atoms with Crippen LogP contribution in [0, 0.1) is 0 Å². The molecule has 2 aromatic carbocycles. The summed E-state index contributed by atoms with van der Waals surface area (Å²) in [7, 11) is 0. The van der Waals surface area contributed by atoms with Crippen molar-refractivity contribution in [1.29, 1.82) is 0 Å². The quantitative estimate of drug-likeness (QED) is 0.647. The second-order valence-corrected chi connectivity index (χ2v) is 8.45. The molecule has 0 bridgehead atoms. The summed E-state index contributed by atoms with van der Waals surface area (Å²) in [6.45, 7) is 6.67. The topological polar surface area (TPSA) is 62.6 Å². The van der Waals surface area contributed by atoms with Crippen LogP contribution >= 0.6 is 0 Å². The lowest BCUT2D eigenvalue weighted by atomic mass is 9.92. The maximum Gasteiger partial charge on any atom is 0.290 e. The molecule has 1 aliphatic rings. The number of fused-ring (bicyclic) bond motifs is 1. The molecular weight excluding hydrogens is 388 g/mol. The van der Waals surface area contributed by atoms with Gasteiger partial charge in [-0.3, -0.25) is 9.59 Å². The number of carbonyl (C=O) groups is 2. The molecule has 2 heterocycles. The van der Waals surface area contributed by atoms with Gasteiger partial charge in [-0.05, 0) is 47.2 Å². The van der Waals surface area contributed by atoms with Crippen molar-refractivity contribution in [2.75, 3.05) is 0 Å². The monoisotopic (exact) mass is 416 g/mol. The fourth-order valence-corrected chi connectivity index (χ4v) is 4.07. The van der Waals surface area contributed by atoms with Crippen molar-refractivity contribution in [1.82, 2.24) is 10.2 Å². The van der Waals surface area contributed by atoms with Crippen LogP contribution in [0.15, 0.2) is 71.3 Å². The third-order valence-electron chi connectivity index (χ3n) is 6.01. The number of carbonyl (C=O) groups excluding carboxylic acids is 2. The van der Waals surface area contributed by atoms with E-state index in [1.807, 2.05) is 31.2 Å². The van der Waals surface area contributed by atoms with E-state index in [1.165, 1.54) is 11.8 Å². The number of nitrogens with one attached hydrogen (secondary N) is 1. The smallest absolute Gasteiger partial charge is 0.290 e. The standard InChI is InChI=1S/C26H28N2O3/c1-17(2)19-10-12-20(13-11-19)18(3)27-25(29)23-15-21-7-4-5-8-22(21)16-28(23)26(30)24-9-6-14-31-24/h4-14,17-18,23H,15-16H2,1-3H3,(H,27,29)/t18-,23-/m1/s1. The molecule has 0 fully saturated rings. The summed E-state index contributed by atoms with van der Waals surface area (Å²) in [6, 6.07) is 18.8. The number of hydrogen-bond acceptors (Lipinski definition) is 3. The zero-order chi connectivity index (χ0) is 22.0. The molecule has 5 nitrogen and oxygen atoms in total. The van der Waals surface area contributed by atoms with Crippen LogP contribution < -0.4 is 5.32 Å². The molecule has 1 aromatic heterocycles. The van der Waals surface area contributed by atoms with Crippen molar-refractivity contribution in [3.05, 3.63) is 94.9 Å². The van der Waals surface area contributed by atoms with Crippen LogP contribution in [0.1, 0.15) is 65.5 Å². The van der Waals surface area contributed by atoms with Crippen molar-refractivity contribution >= 4 is 11.8 Å². The summed E-state index contributed by atoms with van der Waals surface area (Å²) in [6.07, 6.45) is 1.95. The highest BCUT2D eigenvalue weighted by molar-refractivity contribution is 5.96. The molecule has 160 valence electrons. The van der Waals surface area contributed by atoms with E-state index >= 15 is 0 Å². The molecule has 0 spiro atoms. The first-order valence-electron chi connectivity index (χ1n) is 10.8. The van der Waals surface area contributed by atoms with Crippen LogP contribution in [0.5, 0.6) is 0 Å². The van der Waals surface area contributed by atoms with Gasteiger partial charge in [0.1, 0.15) is 6.04 Å². The van der Waals surface area contributed by atoms with Crippen LogP contribution in [0.3, 0.4) is 0 Å². The van der Waals surface area contributed by atoms with E-state index < -0.39 is 6.04 Å². The van der Waals surface area contributed by atoms with E-state index in [0.717, 1.165) is 16.7 Å². The molecule has 31 heavy (non-hydrogen) atoms. The van der Waals surface area contributed by atoms with E-state index in [1.54, 1.807) is 17.0 Å². The second kappa shape index (κ2) is 8.80. The normalized spacial score (nSPS) is 16.6. The van der Waals surface area contributed by atoms with Crippen molar-refractivity contribution in [3.8, 4) is 0 Å². The Hall–Kier alpha value is -3.34. The minimum absolute atomic E-state index is 0.158. The number of rotatable bonds is 5. The van der Waals surface area contributed by atoms with Gasteiger partial charge in [0.15, 0.2) is 5.76 Å². The number of nitrogens with zero attached hydrogens (tertiary/aromatic N) is 1. The Morgan fingerprint density at radius 3 is 2.26 bits per heavy atom. The molecule has 4 rings (SSSR count). The van der Waals surface area contributed by atoms with Crippen LogP contribution in [0.25, 0.3) is 0 Å². The van der Waals surface area contributed by atoms with Gasteiger partial charge in [-0.15, -0.1) is 0 Å². The summed E-state index contributed by atoms with van der Waals surface area (Å²) >= 11 is 0. The predicted molar refractivity (Wildman–Crippen MR) is 120 cm³/mol. The molecule has 1 N–H and O–H groups in total. The third kappa shape index (κ3) is 4.41. The molecule has 0 saturated carbocycles. The summed E-state index contributed by atoms with van der Waals surface area (Å²) in [4.78, 5) is 28.0. The highest BCUT2D eigenvalue weighted by Gasteiger charge is 2.36. The van der Waals surface area contributed by atoms with Crippen molar-refractivity contribution < 1.29 is 14.0 Å². The maximum atomic E-state index is 13.3. The van der Waals surface area contributed by atoms with Crippen LogP contribution in [0.4, 0.5) is 0 Å². The molecule has 0 saturated heterocycles. The Bertz CT molecular complexity index is 1050. The minimum atomic E-state index is -0.593. The van der Waals surface area contributed by atoms with Crippen LogP contribution in [0.2, 0.25) is 0 Å². The number of benzene rings is 2. The fourth-order valence-electron chi connectivity index (χ4n) is 4.07. The number of hydrogen-bond donors (Lipinski definition) is 1. The second-order valence-electron chi connectivity index (χ2n) is 8.45. The number of furan rings is 1. The Balaban J connectivity index is 1.55. The minimum Gasteiger partial charge on any atom is -0.459 e. The molecule has 2 amide bonds. The van der Waals surface area contributed by atoms with E-state index in [2.05, 4.69) is 43.4 Å². The lowest BCUT2D eigenvalue weighted by Gasteiger charge is -2.36. The average molecular weight is 417 g/mol. The third-order valence-corrected chi connectivity index (χ3v) is 6.01. The summed E-state index contributed by atoms with van der Waals surface area (Å²) in [5.41, 5.74) is 4.46. The molecule has 0 radical (unpaired) electrons. The summed E-state index contributed by atoms with van der Waals surface area (Å²) in [5.74, 6) is 0.278. The first-order valence-corrected chi connectivity index (χ1v) is 10.8. The average Bonchev–Trinajstić information content (AvgIpc) is 3.32. The zero-order valence-corrected chi connectivity index (χ0v) is 18.2. The lowest BCUT2D eigenvalue weighted by Crippen LogP contribution is -2.52. The molecule has 2 atom stereocenters. The maximum absolute atomic E-state index is 13.3. The molecule has 0 aliphatic carbocycles. The molecule has 5 heteroatoms. The summed E-state index contributed by atoms with van der Waals surface area (Å²) < 4.78 is 5.32. The van der Waals surface area contributed by atoms with Gasteiger partial charge >= 0.3 is 0 Å². The van der Waals surface area contributed by atoms with Gasteiger partial charge < -0.3 is 14.6 Å². The highest BCUT2D eigenvalue weighted by atomic mass is 16.3. The van der Waals surface area contributed by atoms with Gasteiger partial charge in [-0.2, -0.15) is 0 Å². The van der Waals surface area contributed by atoms with Gasteiger partial charge in [0, 0.05) is 13.0 Å².